The highest BCUT2D eigenvalue weighted by Crippen LogP contribution is 2.48. The van der Waals surface area contributed by atoms with Crippen molar-refractivity contribution < 1.29 is 13.9 Å². The van der Waals surface area contributed by atoms with Crippen LogP contribution in [0.5, 0.6) is 0 Å². The molecule has 0 radical (unpaired) electrons. The van der Waals surface area contributed by atoms with Gasteiger partial charge in [-0.1, -0.05) is 168 Å². The van der Waals surface area contributed by atoms with Gasteiger partial charge in [0.1, 0.15) is 28.2 Å². The van der Waals surface area contributed by atoms with Crippen molar-refractivity contribution in [1.29, 1.82) is 0 Å². The summed E-state index contributed by atoms with van der Waals surface area (Å²) in [5.41, 5.74) is 20.6. The van der Waals surface area contributed by atoms with Crippen molar-refractivity contribution in [2.24, 2.45) is 21.1 Å². The van der Waals surface area contributed by atoms with Crippen LogP contribution in [0.3, 0.4) is 0 Å². The first-order valence-corrected chi connectivity index (χ1v) is 28.5. The standard InChI is InChI=1S/C21H20N2.2C18H17N2.C17H15N2/c1-16-10-6-7-13-19(16)23-17(2)22(18-11-4-3-5-12-18)20-14-8-9-15-21(20)23;1-12-7-6-10-16-14-8-4-5-9-15(14)18-13(2)11-19(3)20(18)17(12)16;1-12-7-6-10-16-14-8-4-5-9-15(14)17-11-13(2)19(3)20(17)18(12)16;1-12-6-5-9-15-13-7-3-4-8-14(13)16-10-11-18(2)19(16)17(12)15/h3-15,17H,1-2H3;2*4-11H,1-3H3;3-11H,1-2H3/q;3*+1/t17-;;;/m1.../s1. The minimum atomic E-state index is 0.232. The van der Waals surface area contributed by atoms with E-state index in [1.54, 1.807) is 0 Å². The molecule has 0 saturated heterocycles. The quantitative estimate of drug-likeness (QED) is 0.128. The molecule has 0 aliphatic carbocycles. The maximum atomic E-state index is 2.43. The van der Waals surface area contributed by atoms with Gasteiger partial charge in [0.2, 0.25) is 11.0 Å². The van der Waals surface area contributed by atoms with Gasteiger partial charge in [0.25, 0.3) is 0 Å². The number of aryl methyl sites for hydroxylation is 9. The van der Waals surface area contributed by atoms with E-state index in [4.69, 9.17) is 0 Å². The maximum Gasteiger partial charge on any atom is 0.247 e. The lowest BCUT2D eigenvalue weighted by atomic mass is 10.0. The van der Waals surface area contributed by atoms with Crippen LogP contribution in [-0.4, -0.2) is 19.9 Å². The van der Waals surface area contributed by atoms with Gasteiger partial charge in [-0.05, 0) is 118 Å². The maximum absolute atomic E-state index is 2.43. The molecule has 15 aromatic rings. The predicted octanol–water partition coefficient (Wildman–Crippen LogP) is 16.4. The van der Waals surface area contributed by atoms with Gasteiger partial charge in [0.15, 0.2) is 26.5 Å². The highest BCUT2D eigenvalue weighted by Gasteiger charge is 2.35. The molecule has 0 unspecified atom stereocenters. The molecule has 8 heteroatoms. The van der Waals surface area contributed by atoms with Gasteiger partial charge < -0.3 is 9.80 Å². The summed E-state index contributed by atoms with van der Waals surface area (Å²) in [4.78, 5) is 4.83. The molecule has 6 aromatic heterocycles. The molecule has 402 valence electrons. The highest BCUT2D eigenvalue weighted by atomic mass is 15.4. The molecule has 0 amide bonds. The number of para-hydroxylation sites is 7. The SMILES string of the molecule is Cc1cccc2c3ccccc3c3c(C)c[n+](C)n3c12.Cc1cccc2c3ccccc3c3cc(C)n(C)[n+]3c12.Cc1cccc2c3ccccc3c3cc[n+](C)n3c12.Cc1ccccc1N1c2ccccc2N(c2ccccc2)[C@H]1C. The van der Waals surface area contributed by atoms with Crippen LogP contribution in [0, 0.1) is 41.5 Å². The zero-order valence-corrected chi connectivity index (χ0v) is 48.6. The Balaban J connectivity index is 0.000000103. The largest absolute Gasteiger partial charge is 0.319 e. The number of hydrogen-bond donors (Lipinski definition) is 0. The topological polar surface area (TPSA) is 32.1 Å². The first-order valence-electron chi connectivity index (χ1n) is 28.5. The third kappa shape index (κ3) is 8.39. The molecule has 0 spiro atoms. The molecular formula is C74H69N8+3. The van der Waals surface area contributed by atoms with Crippen LogP contribution in [0.2, 0.25) is 0 Å². The first-order chi connectivity index (χ1) is 39.9. The number of benzene rings is 9. The van der Waals surface area contributed by atoms with Crippen LogP contribution in [-0.2, 0) is 21.1 Å². The Bertz CT molecular complexity index is 4920. The summed E-state index contributed by atoms with van der Waals surface area (Å²) in [6.07, 6.45) is 4.55. The van der Waals surface area contributed by atoms with Crippen molar-refractivity contribution in [2.45, 2.75) is 54.6 Å². The molecular weight excluding hydrogens is 1000 g/mol. The summed E-state index contributed by atoms with van der Waals surface area (Å²) in [7, 11) is 6.33. The van der Waals surface area contributed by atoms with Gasteiger partial charge in [-0.15, -0.1) is 18.4 Å². The Morgan fingerprint density at radius 2 is 0.817 bits per heavy atom. The molecule has 8 nitrogen and oxygen atoms in total. The van der Waals surface area contributed by atoms with E-state index in [9.17, 15) is 0 Å². The number of aromatic nitrogens is 6. The normalized spacial score (nSPS) is 13.1. The number of hydrogen-bond acceptors (Lipinski definition) is 2. The Morgan fingerprint density at radius 3 is 1.45 bits per heavy atom. The average Bonchev–Trinajstić information content (AvgIpc) is 4.41. The van der Waals surface area contributed by atoms with E-state index >= 15 is 0 Å². The van der Waals surface area contributed by atoms with Crippen LogP contribution in [0.1, 0.15) is 40.4 Å². The Hall–Kier alpha value is -9.79. The molecule has 0 N–H and O–H groups in total. The summed E-state index contributed by atoms with van der Waals surface area (Å²) < 4.78 is 13.5. The minimum absolute atomic E-state index is 0.232. The number of anilines is 4. The fourth-order valence-electron chi connectivity index (χ4n) is 13.2. The van der Waals surface area contributed by atoms with Crippen LogP contribution < -0.4 is 23.7 Å². The van der Waals surface area contributed by atoms with Crippen molar-refractivity contribution in [3.05, 3.63) is 264 Å². The molecule has 1 atom stereocenters. The van der Waals surface area contributed by atoms with E-state index in [2.05, 4.69) is 338 Å². The summed E-state index contributed by atoms with van der Waals surface area (Å²) >= 11 is 0. The number of nitrogens with zero attached hydrogens (tertiary/aromatic N) is 8. The van der Waals surface area contributed by atoms with E-state index in [0.29, 0.717) is 0 Å². The van der Waals surface area contributed by atoms with Gasteiger partial charge in [0.05, 0.1) is 34.9 Å². The summed E-state index contributed by atoms with van der Waals surface area (Å²) in [6.45, 7) is 15.3. The monoisotopic (exact) mass is 1070 g/mol. The van der Waals surface area contributed by atoms with Gasteiger partial charge in [-0.3, -0.25) is 0 Å². The zero-order chi connectivity index (χ0) is 56.5. The van der Waals surface area contributed by atoms with Crippen molar-refractivity contribution >= 4 is 104 Å². The summed E-state index contributed by atoms with van der Waals surface area (Å²) in [5.74, 6) is 0. The fraction of sp³-hybridized carbons (Fsp3) is 0.149. The van der Waals surface area contributed by atoms with Gasteiger partial charge in [-0.2, -0.15) is 4.68 Å². The molecule has 82 heavy (non-hydrogen) atoms. The number of rotatable bonds is 2. The van der Waals surface area contributed by atoms with Crippen molar-refractivity contribution in [2.75, 3.05) is 9.80 Å². The van der Waals surface area contributed by atoms with E-state index in [1.165, 1.54) is 138 Å². The lowest BCUT2D eigenvalue weighted by molar-refractivity contribution is -0.735. The molecule has 1 aliphatic heterocycles. The van der Waals surface area contributed by atoms with Gasteiger partial charge in [-0.25, -0.2) is 0 Å². The molecule has 0 saturated carbocycles. The third-order valence-electron chi connectivity index (χ3n) is 17.0. The van der Waals surface area contributed by atoms with Crippen molar-refractivity contribution in [1.82, 2.24) is 13.7 Å². The average molecular weight is 1070 g/mol. The van der Waals surface area contributed by atoms with E-state index < -0.39 is 0 Å². The molecule has 9 aromatic carbocycles. The smallest absolute Gasteiger partial charge is 0.247 e. The van der Waals surface area contributed by atoms with Gasteiger partial charge >= 0.3 is 0 Å². The molecule has 1 aliphatic rings. The van der Waals surface area contributed by atoms with Gasteiger partial charge in [0, 0.05) is 61.6 Å². The first kappa shape index (κ1) is 51.6. The second-order valence-corrected chi connectivity index (χ2v) is 22.2. The predicted molar refractivity (Wildman–Crippen MR) is 342 cm³/mol. The second kappa shape index (κ2) is 20.7. The minimum Gasteiger partial charge on any atom is -0.319 e. The van der Waals surface area contributed by atoms with E-state index in [1.807, 2.05) is 0 Å². The van der Waals surface area contributed by atoms with Crippen LogP contribution in [0.15, 0.2) is 231 Å². The fourth-order valence-corrected chi connectivity index (χ4v) is 13.2. The van der Waals surface area contributed by atoms with Crippen molar-refractivity contribution in [3.63, 3.8) is 0 Å². The Labute approximate surface area is 479 Å². The summed E-state index contributed by atoms with van der Waals surface area (Å²) in [6, 6.07) is 77.9. The van der Waals surface area contributed by atoms with Crippen LogP contribution >= 0.6 is 0 Å². The lowest BCUT2D eigenvalue weighted by Crippen LogP contribution is -2.35. The number of pyridine rings is 3. The van der Waals surface area contributed by atoms with Crippen LogP contribution in [0.4, 0.5) is 22.7 Å². The lowest BCUT2D eigenvalue weighted by Gasteiger charge is -2.31. The second-order valence-electron chi connectivity index (χ2n) is 22.2. The Morgan fingerprint density at radius 1 is 0.366 bits per heavy atom. The van der Waals surface area contributed by atoms with Crippen molar-refractivity contribution in [3.8, 4) is 0 Å². The number of fused-ring (bicyclic) bond motifs is 19. The molecule has 0 fully saturated rings. The van der Waals surface area contributed by atoms with E-state index in [-0.39, 0.29) is 6.17 Å². The molecule has 7 heterocycles. The van der Waals surface area contributed by atoms with Crippen LogP contribution in [0.25, 0.3) is 81.6 Å². The molecule has 0 bridgehead atoms. The van der Waals surface area contributed by atoms with E-state index in [0.717, 1.165) is 0 Å². The summed E-state index contributed by atoms with van der Waals surface area (Å²) in [5, 5.41) is 11.9. The Kier molecular flexibility index (Phi) is 13.0. The molecule has 16 rings (SSSR count). The third-order valence-corrected chi connectivity index (χ3v) is 17.0. The highest BCUT2D eigenvalue weighted by molar-refractivity contribution is 6.14. The zero-order valence-electron chi connectivity index (χ0n) is 48.6.